The highest BCUT2D eigenvalue weighted by Crippen LogP contribution is 2.18. The minimum atomic E-state index is 0.787. The van der Waals surface area contributed by atoms with Gasteiger partial charge in [0, 0.05) is 12.4 Å². The smallest absolute Gasteiger partial charge is 0.140 e. The molecule has 2 heterocycles. The number of para-hydroxylation sites is 1. The number of rotatable bonds is 1. The highest BCUT2D eigenvalue weighted by Gasteiger charge is 2.03. The summed E-state index contributed by atoms with van der Waals surface area (Å²) in [7, 11) is 0. The van der Waals surface area contributed by atoms with Crippen LogP contribution in [-0.2, 0) is 0 Å². The van der Waals surface area contributed by atoms with Crippen molar-refractivity contribution in [3.8, 4) is 5.82 Å². The Balaban J connectivity index is 2.26. The monoisotopic (exact) mass is 209 g/mol. The van der Waals surface area contributed by atoms with Gasteiger partial charge in [-0.3, -0.25) is 0 Å². The van der Waals surface area contributed by atoms with Crippen molar-refractivity contribution in [2.24, 2.45) is 0 Å². The van der Waals surface area contributed by atoms with E-state index >= 15 is 0 Å². The minimum Gasteiger partial charge on any atom is -0.301 e. The third-order valence-electron chi connectivity index (χ3n) is 2.61. The molecule has 0 atom stereocenters. The van der Waals surface area contributed by atoms with E-state index in [1.54, 1.807) is 6.20 Å². The van der Waals surface area contributed by atoms with Crippen LogP contribution in [0.1, 0.15) is 5.82 Å². The molecule has 0 spiro atoms. The van der Waals surface area contributed by atoms with E-state index < -0.39 is 0 Å². The van der Waals surface area contributed by atoms with E-state index in [-0.39, 0.29) is 0 Å². The molecule has 78 valence electrons. The van der Waals surface area contributed by atoms with Crippen LogP contribution in [0.2, 0.25) is 0 Å². The number of hydrogen-bond donors (Lipinski definition) is 0. The summed E-state index contributed by atoms with van der Waals surface area (Å²) in [5.74, 6) is 1.70. The summed E-state index contributed by atoms with van der Waals surface area (Å²) in [5, 5.41) is 1.22. The van der Waals surface area contributed by atoms with Gasteiger partial charge in [-0.2, -0.15) is 0 Å². The van der Waals surface area contributed by atoms with E-state index in [1.165, 1.54) is 10.9 Å². The van der Waals surface area contributed by atoms with E-state index in [2.05, 4.69) is 32.7 Å². The molecule has 0 fully saturated rings. The standard InChI is InChI=1S/C13H11N3/c1-10-14-8-6-13(15-10)16-9-7-11-4-2-3-5-12(11)16/h2-9H,1H3. The van der Waals surface area contributed by atoms with Crippen LogP contribution in [0.15, 0.2) is 48.8 Å². The van der Waals surface area contributed by atoms with E-state index in [4.69, 9.17) is 0 Å². The van der Waals surface area contributed by atoms with Crippen molar-refractivity contribution in [1.82, 2.24) is 14.5 Å². The van der Waals surface area contributed by atoms with Gasteiger partial charge in [0.15, 0.2) is 0 Å². The van der Waals surface area contributed by atoms with Gasteiger partial charge < -0.3 is 4.57 Å². The van der Waals surface area contributed by atoms with Gasteiger partial charge in [-0.15, -0.1) is 0 Å². The fourth-order valence-corrected chi connectivity index (χ4v) is 1.86. The van der Waals surface area contributed by atoms with Crippen LogP contribution < -0.4 is 0 Å². The molecular weight excluding hydrogens is 198 g/mol. The van der Waals surface area contributed by atoms with Crippen LogP contribution in [0.5, 0.6) is 0 Å². The van der Waals surface area contributed by atoms with Crippen LogP contribution in [0.4, 0.5) is 0 Å². The van der Waals surface area contributed by atoms with Crippen LogP contribution >= 0.6 is 0 Å². The molecule has 0 saturated carbocycles. The summed E-state index contributed by atoms with van der Waals surface area (Å²) in [4.78, 5) is 8.52. The molecule has 16 heavy (non-hydrogen) atoms. The van der Waals surface area contributed by atoms with E-state index in [9.17, 15) is 0 Å². The van der Waals surface area contributed by atoms with E-state index in [1.807, 2.05) is 31.3 Å². The molecule has 0 saturated heterocycles. The molecule has 0 amide bonds. The molecule has 0 aliphatic carbocycles. The fraction of sp³-hybridized carbons (Fsp3) is 0.0769. The predicted molar refractivity (Wildman–Crippen MR) is 63.6 cm³/mol. The quantitative estimate of drug-likeness (QED) is 0.617. The number of aromatic nitrogens is 3. The molecule has 1 aromatic carbocycles. The number of fused-ring (bicyclic) bond motifs is 1. The second-order valence-electron chi connectivity index (χ2n) is 3.71. The first-order valence-electron chi connectivity index (χ1n) is 5.21. The van der Waals surface area contributed by atoms with Gasteiger partial charge in [-0.25, -0.2) is 9.97 Å². The van der Waals surface area contributed by atoms with Gasteiger partial charge in [0.2, 0.25) is 0 Å². The first-order chi connectivity index (χ1) is 7.84. The van der Waals surface area contributed by atoms with Crippen LogP contribution in [0.25, 0.3) is 16.7 Å². The molecule has 3 aromatic rings. The minimum absolute atomic E-state index is 0.787. The summed E-state index contributed by atoms with van der Waals surface area (Å²) in [6.45, 7) is 1.90. The maximum absolute atomic E-state index is 4.42. The zero-order valence-corrected chi connectivity index (χ0v) is 8.96. The summed E-state index contributed by atoms with van der Waals surface area (Å²) < 4.78 is 2.07. The Morgan fingerprint density at radius 1 is 1.06 bits per heavy atom. The van der Waals surface area contributed by atoms with E-state index in [0.717, 1.165) is 11.6 Å². The third-order valence-corrected chi connectivity index (χ3v) is 2.61. The molecular formula is C13H11N3. The molecule has 3 nitrogen and oxygen atoms in total. The van der Waals surface area contributed by atoms with Crippen molar-refractivity contribution in [3.05, 3.63) is 54.6 Å². The van der Waals surface area contributed by atoms with Gasteiger partial charge in [0.05, 0.1) is 5.52 Å². The Labute approximate surface area is 93.4 Å². The van der Waals surface area contributed by atoms with Gasteiger partial charge >= 0.3 is 0 Å². The molecule has 0 aliphatic heterocycles. The molecule has 2 aromatic heterocycles. The van der Waals surface area contributed by atoms with Crippen molar-refractivity contribution >= 4 is 10.9 Å². The number of hydrogen-bond acceptors (Lipinski definition) is 2. The largest absolute Gasteiger partial charge is 0.301 e. The van der Waals surface area contributed by atoms with Crippen molar-refractivity contribution in [2.75, 3.05) is 0 Å². The molecule has 0 unspecified atom stereocenters. The highest BCUT2D eigenvalue weighted by atomic mass is 15.1. The summed E-state index contributed by atoms with van der Waals surface area (Å²) >= 11 is 0. The maximum Gasteiger partial charge on any atom is 0.140 e. The van der Waals surface area contributed by atoms with Gasteiger partial charge in [-0.05, 0) is 30.5 Å². The normalized spacial score (nSPS) is 10.8. The lowest BCUT2D eigenvalue weighted by Gasteiger charge is -2.04. The molecule has 3 heteroatoms. The molecule has 0 aliphatic rings. The van der Waals surface area contributed by atoms with Crippen molar-refractivity contribution in [1.29, 1.82) is 0 Å². The maximum atomic E-state index is 4.42. The first-order valence-corrected chi connectivity index (χ1v) is 5.21. The lowest BCUT2D eigenvalue weighted by Crippen LogP contribution is -1.98. The van der Waals surface area contributed by atoms with Crippen molar-refractivity contribution < 1.29 is 0 Å². The predicted octanol–water partition coefficient (Wildman–Crippen LogP) is 2.73. The van der Waals surface area contributed by atoms with Gasteiger partial charge in [-0.1, -0.05) is 18.2 Å². The number of aryl methyl sites for hydroxylation is 1. The number of benzene rings is 1. The summed E-state index contributed by atoms with van der Waals surface area (Å²) in [6.07, 6.45) is 3.82. The fourth-order valence-electron chi connectivity index (χ4n) is 1.86. The highest BCUT2D eigenvalue weighted by molar-refractivity contribution is 5.81. The zero-order valence-electron chi connectivity index (χ0n) is 8.96. The van der Waals surface area contributed by atoms with Gasteiger partial charge in [0.25, 0.3) is 0 Å². The topological polar surface area (TPSA) is 30.7 Å². The number of nitrogens with zero attached hydrogens (tertiary/aromatic N) is 3. The Morgan fingerprint density at radius 2 is 1.94 bits per heavy atom. The van der Waals surface area contributed by atoms with Crippen LogP contribution in [0.3, 0.4) is 0 Å². The SMILES string of the molecule is Cc1nccc(-n2ccc3ccccc32)n1. The van der Waals surface area contributed by atoms with Crippen molar-refractivity contribution in [3.63, 3.8) is 0 Å². The second kappa shape index (κ2) is 3.45. The molecule has 0 N–H and O–H groups in total. The lowest BCUT2D eigenvalue weighted by molar-refractivity contribution is 0.964. The third kappa shape index (κ3) is 1.37. The Hall–Kier alpha value is -2.16. The Bertz CT molecular complexity index is 640. The summed E-state index contributed by atoms with van der Waals surface area (Å²) in [6, 6.07) is 12.3. The van der Waals surface area contributed by atoms with E-state index in [0.29, 0.717) is 0 Å². The Morgan fingerprint density at radius 3 is 2.81 bits per heavy atom. The molecule has 0 radical (unpaired) electrons. The molecule has 3 rings (SSSR count). The first kappa shape index (κ1) is 9.09. The average molecular weight is 209 g/mol. The Kier molecular flexibility index (Phi) is 1.96. The van der Waals surface area contributed by atoms with Crippen LogP contribution in [-0.4, -0.2) is 14.5 Å². The lowest BCUT2D eigenvalue weighted by atomic mass is 10.2. The zero-order chi connectivity index (χ0) is 11.0. The van der Waals surface area contributed by atoms with Crippen LogP contribution in [0, 0.1) is 6.92 Å². The van der Waals surface area contributed by atoms with Crippen molar-refractivity contribution in [2.45, 2.75) is 6.92 Å². The second-order valence-corrected chi connectivity index (χ2v) is 3.71. The van der Waals surface area contributed by atoms with Gasteiger partial charge in [0.1, 0.15) is 11.6 Å². The summed E-state index contributed by atoms with van der Waals surface area (Å²) in [5.41, 5.74) is 1.17. The average Bonchev–Trinajstić information content (AvgIpc) is 2.72. The molecule has 0 bridgehead atoms.